The lowest BCUT2D eigenvalue weighted by atomic mass is 9.85. The van der Waals surface area contributed by atoms with Crippen molar-refractivity contribution < 1.29 is 24.2 Å². The summed E-state index contributed by atoms with van der Waals surface area (Å²) in [7, 11) is 1.26. The zero-order valence-corrected chi connectivity index (χ0v) is 10.5. The molecule has 5 unspecified atom stereocenters. The highest BCUT2D eigenvalue weighted by molar-refractivity contribution is 6.06. The van der Waals surface area contributed by atoms with Crippen molar-refractivity contribution in [1.29, 1.82) is 0 Å². The van der Waals surface area contributed by atoms with Gasteiger partial charge in [0.1, 0.15) is 0 Å². The molecule has 2 bridgehead atoms. The lowest BCUT2D eigenvalue weighted by Crippen LogP contribution is -2.42. The number of imide groups is 1. The van der Waals surface area contributed by atoms with Crippen LogP contribution in [0, 0.1) is 23.7 Å². The van der Waals surface area contributed by atoms with Crippen molar-refractivity contribution in [1.82, 2.24) is 4.90 Å². The van der Waals surface area contributed by atoms with Gasteiger partial charge in [-0.25, -0.2) is 4.79 Å². The molecule has 1 heterocycles. The van der Waals surface area contributed by atoms with E-state index < -0.39 is 12.1 Å². The van der Waals surface area contributed by atoms with Crippen molar-refractivity contribution in [2.75, 3.05) is 13.7 Å². The second kappa shape index (κ2) is 4.16. The largest absolute Gasteiger partial charge is 0.479 e. The molecule has 2 fully saturated rings. The van der Waals surface area contributed by atoms with Gasteiger partial charge in [-0.15, -0.1) is 0 Å². The molecular formula is C13H15NO5. The number of amides is 2. The first-order valence-electron chi connectivity index (χ1n) is 6.33. The van der Waals surface area contributed by atoms with Crippen LogP contribution in [0.15, 0.2) is 12.2 Å². The molecule has 6 heteroatoms. The van der Waals surface area contributed by atoms with Crippen LogP contribution in [0.25, 0.3) is 0 Å². The maximum Gasteiger partial charge on any atom is 0.334 e. The second-order valence-corrected chi connectivity index (χ2v) is 5.35. The molecule has 0 radical (unpaired) electrons. The lowest BCUT2D eigenvalue weighted by Gasteiger charge is -2.20. The summed E-state index contributed by atoms with van der Waals surface area (Å²) in [6.45, 7) is -0.198. The Morgan fingerprint density at radius 3 is 2.32 bits per heavy atom. The minimum atomic E-state index is -1.17. The van der Waals surface area contributed by atoms with E-state index in [1.54, 1.807) is 0 Å². The van der Waals surface area contributed by atoms with Crippen LogP contribution < -0.4 is 0 Å². The molecule has 1 saturated heterocycles. The molecule has 0 aromatic heterocycles. The van der Waals surface area contributed by atoms with Gasteiger partial charge in [-0.3, -0.25) is 14.5 Å². The topological polar surface area (TPSA) is 83.9 Å². The molecule has 102 valence electrons. The van der Waals surface area contributed by atoms with Crippen LogP contribution in [-0.4, -0.2) is 47.5 Å². The fourth-order valence-corrected chi connectivity index (χ4v) is 3.56. The first kappa shape index (κ1) is 12.3. The van der Waals surface area contributed by atoms with Crippen molar-refractivity contribution in [2.45, 2.75) is 12.5 Å². The predicted molar refractivity (Wildman–Crippen MR) is 62.9 cm³/mol. The third-order valence-electron chi connectivity index (χ3n) is 4.47. The number of aliphatic carboxylic acids is 1. The number of likely N-dealkylation sites (tertiary alicyclic amines) is 1. The van der Waals surface area contributed by atoms with E-state index in [1.165, 1.54) is 7.11 Å². The fourth-order valence-electron chi connectivity index (χ4n) is 3.56. The molecule has 3 aliphatic rings. The third kappa shape index (κ3) is 1.63. The Morgan fingerprint density at radius 2 is 1.89 bits per heavy atom. The lowest BCUT2D eigenvalue weighted by molar-refractivity contribution is -0.152. The van der Waals surface area contributed by atoms with Crippen molar-refractivity contribution in [3.05, 3.63) is 12.2 Å². The third-order valence-corrected chi connectivity index (χ3v) is 4.47. The molecule has 2 aliphatic carbocycles. The number of fused-ring (bicyclic) bond motifs is 5. The van der Waals surface area contributed by atoms with Crippen LogP contribution >= 0.6 is 0 Å². The van der Waals surface area contributed by atoms with Crippen molar-refractivity contribution in [3.8, 4) is 0 Å². The van der Waals surface area contributed by atoms with Gasteiger partial charge >= 0.3 is 5.97 Å². The molecule has 1 N–H and O–H groups in total. The summed E-state index contributed by atoms with van der Waals surface area (Å²) < 4.78 is 4.80. The molecular weight excluding hydrogens is 250 g/mol. The standard InChI is InChI=1S/C13H15NO5/c1-19-8(13(17)18)5-14-11(15)9-6-2-3-7(4-6)10(9)12(14)16/h2-3,6-10H,4-5H2,1H3,(H,17,18). The van der Waals surface area contributed by atoms with E-state index in [9.17, 15) is 14.4 Å². The van der Waals surface area contributed by atoms with E-state index in [4.69, 9.17) is 9.84 Å². The number of hydrogen-bond donors (Lipinski definition) is 1. The zero-order chi connectivity index (χ0) is 13.7. The van der Waals surface area contributed by atoms with E-state index in [0.717, 1.165) is 11.3 Å². The second-order valence-electron chi connectivity index (χ2n) is 5.35. The molecule has 0 aromatic carbocycles. The van der Waals surface area contributed by atoms with Crippen LogP contribution in [-0.2, 0) is 19.1 Å². The number of carboxylic acids is 1. The number of carbonyl (C=O) groups excluding carboxylic acids is 2. The Kier molecular flexibility index (Phi) is 2.70. The van der Waals surface area contributed by atoms with Gasteiger partial charge in [-0.1, -0.05) is 12.2 Å². The number of carbonyl (C=O) groups is 3. The highest BCUT2D eigenvalue weighted by atomic mass is 16.5. The molecule has 6 nitrogen and oxygen atoms in total. The van der Waals surface area contributed by atoms with E-state index in [0.29, 0.717) is 0 Å². The Bertz CT molecular complexity index is 455. The summed E-state index contributed by atoms with van der Waals surface area (Å²) in [6, 6.07) is 0. The van der Waals surface area contributed by atoms with E-state index in [2.05, 4.69) is 0 Å². The molecule has 0 spiro atoms. The average Bonchev–Trinajstić information content (AvgIpc) is 3.03. The van der Waals surface area contributed by atoms with Gasteiger partial charge in [0, 0.05) is 7.11 Å². The SMILES string of the molecule is COC(CN1C(=O)C2C3C=CC(C3)C2C1=O)C(=O)O. The molecule has 19 heavy (non-hydrogen) atoms. The summed E-state index contributed by atoms with van der Waals surface area (Å²) in [5, 5.41) is 8.94. The Hall–Kier alpha value is -1.69. The molecule has 1 saturated carbocycles. The van der Waals surface area contributed by atoms with Gasteiger partial charge in [0.2, 0.25) is 11.8 Å². The average molecular weight is 265 g/mol. The van der Waals surface area contributed by atoms with E-state index in [-0.39, 0.29) is 42.0 Å². The molecule has 5 atom stereocenters. The number of ether oxygens (including phenoxy) is 1. The van der Waals surface area contributed by atoms with Crippen LogP contribution in [0.3, 0.4) is 0 Å². The Morgan fingerprint density at radius 1 is 1.37 bits per heavy atom. The fraction of sp³-hybridized carbons (Fsp3) is 0.615. The highest BCUT2D eigenvalue weighted by Crippen LogP contribution is 2.52. The number of rotatable bonds is 4. The normalized spacial score (nSPS) is 37.0. The molecule has 2 amide bonds. The number of hydrogen-bond acceptors (Lipinski definition) is 4. The van der Waals surface area contributed by atoms with Gasteiger partial charge in [0.25, 0.3) is 0 Å². The minimum Gasteiger partial charge on any atom is -0.479 e. The van der Waals surface area contributed by atoms with Gasteiger partial charge in [0.15, 0.2) is 6.10 Å². The van der Waals surface area contributed by atoms with Crippen LogP contribution in [0.2, 0.25) is 0 Å². The van der Waals surface area contributed by atoms with Crippen molar-refractivity contribution in [2.24, 2.45) is 23.7 Å². The van der Waals surface area contributed by atoms with E-state index >= 15 is 0 Å². The maximum absolute atomic E-state index is 12.3. The smallest absolute Gasteiger partial charge is 0.334 e. The van der Waals surface area contributed by atoms with E-state index in [1.807, 2.05) is 12.2 Å². The number of nitrogens with zero attached hydrogens (tertiary/aromatic N) is 1. The van der Waals surface area contributed by atoms with Crippen LogP contribution in [0.4, 0.5) is 0 Å². The zero-order valence-electron chi connectivity index (χ0n) is 10.5. The van der Waals surface area contributed by atoms with Crippen molar-refractivity contribution in [3.63, 3.8) is 0 Å². The number of methoxy groups -OCH3 is 1. The first-order valence-corrected chi connectivity index (χ1v) is 6.33. The molecule has 0 aromatic rings. The van der Waals surface area contributed by atoms with Crippen LogP contribution in [0.1, 0.15) is 6.42 Å². The van der Waals surface area contributed by atoms with Gasteiger partial charge < -0.3 is 9.84 Å². The summed E-state index contributed by atoms with van der Waals surface area (Å²) in [4.78, 5) is 36.6. The quantitative estimate of drug-likeness (QED) is 0.566. The number of carboxylic acid groups (broad SMARTS) is 1. The number of allylic oxidation sites excluding steroid dienone is 2. The minimum absolute atomic E-state index is 0.141. The summed E-state index contributed by atoms with van der Waals surface area (Å²) in [6.07, 6.45) is 3.72. The monoisotopic (exact) mass is 265 g/mol. The predicted octanol–water partition coefficient (Wildman–Crippen LogP) is -0.107. The Balaban J connectivity index is 1.81. The van der Waals surface area contributed by atoms with Gasteiger partial charge in [0.05, 0.1) is 18.4 Å². The molecule has 3 rings (SSSR count). The van der Waals surface area contributed by atoms with Gasteiger partial charge in [-0.2, -0.15) is 0 Å². The van der Waals surface area contributed by atoms with Crippen LogP contribution in [0.5, 0.6) is 0 Å². The molecule has 1 aliphatic heterocycles. The van der Waals surface area contributed by atoms with Gasteiger partial charge in [-0.05, 0) is 18.3 Å². The summed E-state index contributed by atoms with van der Waals surface area (Å²) >= 11 is 0. The highest BCUT2D eigenvalue weighted by Gasteiger charge is 2.59. The summed E-state index contributed by atoms with van der Waals surface area (Å²) in [5.74, 6) is -1.93. The first-order chi connectivity index (χ1) is 9.04. The Labute approximate surface area is 110 Å². The maximum atomic E-state index is 12.3. The van der Waals surface area contributed by atoms with Crippen molar-refractivity contribution >= 4 is 17.8 Å². The summed E-state index contributed by atoms with van der Waals surface area (Å²) in [5.41, 5.74) is 0.